The van der Waals surface area contributed by atoms with E-state index in [0.717, 1.165) is 21.1 Å². The fourth-order valence-corrected chi connectivity index (χ4v) is 3.54. The van der Waals surface area contributed by atoms with E-state index in [0.29, 0.717) is 37.4 Å². The molecular weight excluding hydrogens is 376 g/mol. The molecule has 0 bridgehead atoms. The van der Waals surface area contributed by atoms with E-state index in [1.165, 1.54) is 0 Å². The number of piperidine rings is 1. The van der Waals surface area contributed by atoms with Crippen molar-refractivity contribution in [2.24, 2.45) is 5.92 Å². The van der Waals surface area contributed by atoms with Crippen LogP contribution in [0.3, 0.4) is 0 Å². The lowest BCUT2D eigenvalue weighted by atomic mass is 9.97. The van der Waals surface area contributed by atoms with E-state index in [1.807, 2.05) is 12.1 Å². The van der Waals surface area contributed by atoms with Crippen LogP contribution >= 0.6 is 15.9 Å². The molecule has 1 fully saturated rings. The molecule has 128 valence electrons. The van der Waals surface area contributed by atoms with Crippen molar-refractivity contribution in [1.29, 1.82) is 0 Å². The van der Waals surface area contributed by atoms with Crippen LogP contribution in [-0.4, -0.2) is 43.4 Å². The van der Waals surface area contributed by atoms with E-state index >= 15 is 0 Å². The van der Waals surface area contributed by atoms with Crippen molar-refractivity contribution < 1.29 is 19.4 Å². The molecule has 0 amide bonds. The Morgan fingerprint density at radius 3 is 2.33 bits per heavy atom. The molecule has 6 nitrogen and oxygen atoms in total. The number of benzene rings is 1. The Hall–Kier alpha value is -2.02. The number of nitrogens with zero attached hydrogens (tertiary/aromatic N) is 2. The summed E-state index contributed by atoms with van der Waals surface area (Å²) in [4.78, 5) is 17.8. The lowest BCUT2D eigenvalue weighted by molar-refractivity contribution is -0.142. The van der Waals surface area contributed by atoms with E-state index in [-0.39, 0.29) is 5.92 Å². The largest absolute Gasteiger partial charge is 0.493 e. The van der Waals surface area contributed by atoms with Crippen LogP contribution in [0.4, 0.5) is 5.82 Å². The average Bonchev–Trinajstić information content (AvgIpc) is 2.61. The van der Waals surface area contributed by atoms with Crippen molar-refractivity contribution in [1.82, 2.24) is 4.98 Å². The number of pyridine rings is 1. The fourth-order valence-electron chi connectivity index (χ4n) is 3.11. The van der Waals surface area contributed by atoms with Gasteiger partial charge in [0.1, 0.15) is 5.82 Å². The first kappa shape index (κ1) is 16.8. The van der Waals surface area contributed by atoms with Crippen LogP contribution < -0.4 is 14.4 Å². The zero-order valence-corrected chi connectivity index (χ0v) is 15.2. The Balaban J connectivity index is 2.02. The van der Waals surface area contributed by atoms with Gasteiger partial charge in [0.2, 0.25) is 0 Å². The zero-order chi connectivity index (χ0) is 17.3. The van der Waals surface area contributed by atoms with Crippen LogP contribution in [0.5, 0.6) is 11.5 Å². The Kier molecular flexibility index (Phi) is 4.80. The summed E-state index contributed by atoms with van der Waals surface area (Å²) in [5.41, 5.74) is 0. The number of anilines is 1. The van der Waals surface area contributed by atoms with Crippen LogP contribution in [0, 0.1) is 5.92 Å². The molecule has 0 saturated carbocycles. The minimum absolute atomic E-state index is 0.266. The Morgan fingerprint density at radius 2 is 1.79 bits per heavy atom. The van der Waals surface area contributed by atoms with Crippen molar-refractivity contribution in [3.05, 3.63) is 22.8 Å². The van der Waals surface area contributed by atoms with Gasteiger partial charge in [0.25, 0.3) is 0 Å². The van der Waals surface area contributed by atoms with Crippen LogP contribution in [0.1, 0.15) is 12.8 Å². The minimum Gasteiger partial charge on any atom is -0.493 e. The van der Waals surface area contributed by atoms with Crippen LogP contribution in [0.15, 0.2) is 22.8 Å². The van der Waals surface area contributed by atoms with E-state index < -0.39 is 5.97 Å². The molecule has 0 atom stereocenters. The number of ether oxygens (including phenoxy) is 2. The summed E-state index contributed by atoms with van der Waals surface area (Å²) < 4.78 is 11.7. The highest BCUT2D eigenvalue weighted by molar-refractivity contribution is 9.10. The quantitative estimate of drug-likeness (QED) is 0.857. The van der Waals surface area contributed by atoms with Crippen molar-refractivity contribution >= 4 is 38.5 Å². The molecule has 0 spiro atoms. The number of carboxylic acids is 1. The Bertz CT molecular complexity index is 773. The predicted octanol–water partition coefficient (Wildman–Crippen LogP) is 3.32. The molecule has 0 unspecified atom stereocenters. The summed E-state index contributed by atoms with van der Waals surface area (Å²) in [6, 6.07) is 3.85. The predicted molar refractivity (Wildman–Crippen MR) is 95.1 cm³/mol. The first-order valence-electron chi connectivity index (χ1n) is 7.73. The number of halogens is 1. The van der Waals surface area contributed by atoms with Crippen molar-refractivity contribution in [2.45, 2.75) is 12.8 Å². The normalized spacial score (nSPS) is 15.5. The third kappa shape index (κ3) is 3.00. The second-order valence-electron chi connectivity index (χ2n) is 5.78. The van der Waals surface area contributed by atoms with Gasteiger partial charge in [-0.1, -0.05) is 0 Å². The summed E-state index contributed by atoms with van der Waals surface area (Å²) in [6.07, 6.45) is 3.02. The van der Waals surface area contributed by atoms with E-state index in [4.69, 9.17) is 14.6 Å². The van der Waals surface area contributed by atoms with Gasteiger partial charge in [-0.2, -0.15) is 0 Å². The molecule has 0 aliphatic carbocycles. The molecule has 1 aromatic heterocycles. The maximum absolute atomic E-state index is 11.1. The van der Waals surface area contributed by atoms with Gasteiger partial charge in [0.15, 0.2) is 11.5 Å². The highest BCUT2D eigenvalue weighted by Crippen LogP contribution is 2.39. The summed E-state index contributed by atoms with van der Waals surface area (Å²) in [6.45, 7) is 1.35. The number of aromatic nitrogens is 1. The van der Waals surface area contributed by atoms with Crippen LogP contribution in [0.2, 0.25) is 0 Å². The first-order valence-corrected chi connectivity index (χ1v) is 8.52. The van der Waals surface area contributed by atoms with Gasteiger partial charge in [0.05, 0.1) is 20.1 Å². The molecule has 2 aromatic rings. The fraction of sp³-hybridized carbons (Fsp3) is 0.412. The summed E-state index contributed by atoms with van der Waals surface area (Å²) in [5, 5.41) is 11.1. The first-order chi connectivity index (χ1) is 11.5. The Morgan fingerprint density at radius 1 is 1.21 bits per heavy atom. The standard InChI is InChI=1S/C17H19BrN2O4/c1-23-14-7-11-12(8-15(14)24-2)16(19-9-13(11)18)20-5-3-10(4-6-20)17(21)22/h7-10H,3-6H2,1-2H3,(H,21,22). The second kappa shape index (κ2) is 6.84. The van der Waals surface area contributed by atoms with Gasteiger partial charge >= 0.3 is 5.97 Å². The topological polar surface area (TPSA) is 71.9 Å². The molecule has 1 saturated heterocycles. The molecular formula is C17H19BrN2O4. The van der Waals surface area contributed by atoms with Gasteiger partial charge in [-0.25, -0.2) is 4.98 Å². The number of carbonyl (C=O) groups is 1. The molecule has 1 aromatic carbocycles. The number of hydrogen-bond acceptors (Lipinski definition) is 5. The number of methoxy groups -OCH3 is 2. The summed E-state index contributed by atoms with van der Waals surface area (Å²) >= 11 is 3.54. The lowest BCUT2D eigenvalue weighted by Crippen LogP contribution is -2.36. The highest BCUT2D eigenvalue weighted by atomic mass is 79.9. The number of carboxylic acid groups (broad SMARTS) is 1. The van der Waals surface area contributed by atoms with E-state index in [2.05, 4.69) is 25.8 Å². The summed E-state index contributed by atoms with van der Waals surface area (Å²) in [5.74, 6) is 1.17. The smallest absolute Gasteiger partial charge is 0.306 e. The van der Waals surface area contributed by atoms with Crippen molar-refractivity contribution in [3.63, 3.8) is 0 Å². The molecule has 0 radical (unpaired) electrons. The maximum atomic E-state index is 11.1. The van der Waals surface area contributed by atoms with Gasteiger partial charge in [-0.15, -0.1) is 0 Å². The third-order valence-electron chi connectivity index (χ3n) is 4.47. The third-order valence-corrected chi connectivity index (χ3v) is 5.10. The van der Waals surface area contributed by atoms with E-state index in [9.17, 15) is 4.79 Å². The number of rotatable bonds is 4. The van der Waals surface area contributed by atoms with Gasteiger partial charge in [-0.05, 0) is 40.9 Å². The summed E-state index contributed by atoms with van der Waals surface area (Å²) in [7, 11) is 3.21. The minimum atomic E-state index is -0.713. The monoisotopic (exact) mass is 394 g/mol. The van der Waals surface area contributed by atoms with Gasteiger partial charge in [-0.3, -0.25) is 4.79 Å². The van der Waals surface area contributed by atoms with Crippen LogP contribution in [-0.2, 0) is 4.79 Å². The number of hydrogen-bond donors (Lipinski definition) is 1. The molecule has 24 heavy (non-hydrogen) atoms. The van der Waals surface area contributed by atoms with Gasteiger partial charge < -0.3 is 19.5 Å². The maximum Gasteiger partial charge on any atom is 0.306 e. The molecule has 3 rings (SSSR count). The van der Waals surface area contributed by atoms with Crippen molar-refractivity contribution in [3.8, 4) is 11.5 Å². The number of fused-ring (bicyclic) bond motifs is 1. The SMILES string of the molecule is COc1cc2c(Br)cnc(N3CCC(C(=O)O)CC3)c2cc1OC. The highest BCUT2D eigenvalue weighted by Gasteiger charge is 2.26. The molecule has 1 N–H and O–H groups in total. The van der Waals surface area contributed by atoms with Crippen molar-refractivity contribution in [2.75, 3.05) is 32.2 Å². The van der Waals surface area contributed by atoms with Gasteiger partial charge in [0, 0.05) is 34.5 Å². The average molecular weight is 395 g/mol. The second-order valence-corrected chi connectivity index (χ2v) is 6.64. The van der Waals surface area contributed by atoms with E-state index in [1.54, 1.807) is 20.4 Å². The molecule has 1 aliphatic heterocycles. The molecule has 1 aliphatic rings. The zero-order valence-electron chi connectivity index (χ0n) is 13.6. The number of aliphatic carboxylic acids is 1. The lowest BCUT2D eigenvalue weighted by Gasteiger charge is -2.32. The van der Waals surface area contributed by atoms with Crippen LogP contribution in [0.25, 0.3) is 10.8 Å². The Labute approximate surface area is 148 Å². The molecule has 2 heterocycles. The molecule has 7 heteroatoms.